The van der Waals surface area contributed by atoms with Crippen LogP contribution < -0.4 is 9.47 Å². The van der Waals surface area contributed by atoms with Crippen LogP contribution in [0.1, 0.15) is 17.2 Å². The number of hydrogen-bond acceptors (Lipinski definition) is 5. The van der Waals surface area contributed by atoms with Gasteiger partial charge in [0, 0.05) is 16.6 Å². The molecule has 0 fully saturated rings. The fourth-order valence-electron chi connectivity index (χ4n) is 2.08. The first kappa shape index (κ1) is 13.9. The van der Waals surface area contributed by atoms with Crippen molar-refractivity contribution in [3.8, 4) is 11.7 Å². The monoisotopic (exact) mass is 277 g/mol. The van der Waals surface area contributed by atoms with Crippen LogP contribution in [0.2, 0.25) is 0 Å². The molecule has 0 saturated heterocycles. The highest BCUT2D eigenvalue weighted by molar-refractivity contribution is 5.40. The van der Waals surface area contributed by atoms with Crippen LogP contribution in [-0.2, 0) is 0 Å². The van der Waals surface area contributed by atoms with Crippen molar-refractivity contribution in [3.63, 3.8) is 0 Å². The molecule has 0 bridgehead atoms. The van der Waals surface area contributed by atoms with E-state index in [1.165, 1.54) is 14.2 Å². The summed E-state index contributed by atoms with van der Waals surface area (Å²) in [7, 11) is 3.01. The second-order valence-corrected chi connectivity index (χ2v) is 4.17. The molecule has 6 heteroatoms. The van der Waals surface area contributed by atoms with Gasteiger partial charge in [-0.05, 0) is 12.1 Å². The van der Waals surface area contributed by atoms with Gasteiger partial charge < -0.3 is 13.9 Å². The summed E-state index contributed by atoms with van der Waals surface area (Å²) >= 11 is 0. The Hall–Kier alpha value is -2.50. The SMILES string of the molecule is COc1ccc([C@@H](C[N+](=O)[O-])c2ccccc2OC)o1. The van der Waals surface area contributed by atoms with E-state index in [4.69, 9.17) is 13.9 Å². The van der Waals surface area contributed by atoms with Crippen LogP contribution in [0.3, 0.4) is 0 Å². The van der Waals surface area contributed by atoms with Crippen LogP contribution in [-0.4, -0.2) is 25.7 Å². The standard InChI is InChI=1S/C14H15NO5/c1-18-12-6-4-3-5-10(12)11(9-15(16)17)13-7-8-14(19-2)20-13/h3-8,11H,9H2,1-2H3/t11-/m0/s1. The van der Waals surface area contributed by atoms with Crippen molar-refractivity contribution in [2.45, 2.75) is 5.92 Å². The Balaban J connectivity index is 2.43. The Morgan fingerprint density at radius 1 is 1.20 bits per heavy atom. The number of hydrogen-bond donors (Lipinski definition) is 0. The van der Waals surface area contributed by atoms with Crippen LogP contribution in [0.25, 0.3) is 0 Å². The number of benzene rings is 1. The first-order valence-corrected chi connectivity index (χ1v) is 6.04. The van der Waals surface area contributed by atoms with Crippen LogP contribution >= 0.6 is 0 Å². The lowest BCUT2D eigenvalue weighted by molar-refractivity contribution is -0.482. The van der Waals surface area contributed by atoms with Gasteiger partial charge in [-0.15, -0.1) is 0 Å². The summed E-state index contributed by atoms with van der Waals surface area (Å²) in [6.07, 6.45) is 0. The van der Waals surface area contributed by atoms with Gasteiger partial charge >= 0.3 is 0 Å². The Morgan fingerprint density at radius 3 is 2.55 bits per heavy atom. The first-order valence-electron chi connectivity index (χ1n) is 6.04. The van der Waals surface area contributed by atoms with Gasteiger partial charge in [-0.2, -0.15) is 0 Å². The molecule has 0 aliphatic carbocycles. The third-order valence-corrected chi connectivity index (χ3v) is 2.99. The van der Waals surface area contributed by atoms with Gasteiger partial charge in [0.15, 0.2) is 0 Å². The minimum atomic E-state index is -0.523. The maximum atomic E-state index is 10.9. The number of nitrogens with zero attached hydrogens (tertiary/aromatic N) is 1. The summed E-state index contributed by atoms with van der Waals surface area (Å²) in [4.78, 5) is 10.6. The predicted molar refractivity (Wildman–Crippen MR) is 72.0 cm³/mol. The molecular weight excluding hydrogens is 262 g/mol. The van der Waals surface area contributed by atoms with E-state index in [-0.39, 0.29) is 11.5 Å². The summed E-state index contributed by atoms with van der Waals surface area (Å²) in [6.45, 7) is -0.281. The molecule has 1 heterocycles. The number of ether oxygens (including phenoxy) is 2. The third-order valence-electron chi connectivity index (χ3n) is 2.99. The van der Waals surface area contributed by atoms with Gasteiger partial charge in [0.25, 0.3) is 5.95 Å². The molecule has 0 unspecified atom stereocenters. The van der Waals surface area contributed by atoms with Crippen molar-refractivity contribution in [1.29, 1.82) is 0 Å². The molecule has 6 nitrogen and oxygen atoms in total. The number of rotatable bonds is 6. The van der Waals surface area contributed by atoms with E-state index >= 15 is 0 Å². The van der Waals surface area contributed by atoms with Crippen LogP contribution in [0.4, 0.5) is 0 Å². The molecule has 0 aliphatic rings. The molecule has 0 saturated carbocycles. The van der Waals surface area contributed by atoms with Gasteiger partial charge in [-0.1, -0.05) is 18.2 Å². The highest BCUT2D eigenvalue weighted by atomic mass is 16.6. The lowest BCUT2D eigenvalue weighted by atomic mass is 9.95. The Bertz CT molecular complexity index is 593. The fraction of sp³-hybridized carbons (Fsp3) is 0.286. The second-order valence-electron chi connectivity index (χ2n) is 4.17. The Labute approximate surface area is 116 Å². The minimum Gasteiger partial charge on any atom is -0.496 e. The van der Waals surface area contributed by atoms with Gasteiger partial charge in [-0.3, -0.25) is 10.1 Å². The molecule has 20 heavy (non-hydrogen) atoms. The molecule has 106 valence electrons. The summed E-state index contributed by atoms with van der Waals surface area (Å²) in [5.74, 6) is 0.867. The maximum absolute atomic E-state index is 10.9. The van der Waals surface area contributed by atoms with Crippen molar-refractivity contribution < 1.29 is 18.8 Å². The normalized spacial score (nSPS) is 11.9. The molecule has 2 aromatic rings. The van der Waals surface area contributed by atoms with Crippen LogP contribution in [0, 0.1) is 10.1 Å². The zero-order valence-corrected chi connectivity index (χ0v) is 11.2. The quantitative estimate of drug-likeness (QED) is 0.599. The van der Waals surface area contributed by atoms with Crippen molar-refractivity contribution in [2.75, 3.05) is 20.8 Å². The zero-order valence-electron chi connectivity index (χ0n) is 11.2. The summed E-state index contributed by atoms with van der Waals surface area (Å²) in [5.41, 5.74) is 0.712. The molecule has 1 aromatic carbocycles. The second kappa shape index (κ2) is 6.10. The predicted octanol–water partition coefficient (Wildman–Crippen LogP) is 2.71. The molecule has 1 atom stereocenters. The molecule has 0 N–H and O–H groups in total. The lowest BCUT2D eigenvalue weighted by Crippen LogP contribution is -2.14. The van der Waals surface area contributed by atoms with Gasteiger partial charge in [0.2, 0.25) is 6.54 Å². The van der Waals surface area contributed by atoms with Crippen molar-refractivity contribution in [2.24, 2.45) is 0 Å². The molecule has 2 rings (SSSR count). The van der Waals surface area contributed by atoms with E-state index < -0.39 is 5.92 Å². The van der Waals surface area contributed by atoms with Crippen LogP contribution in [0.5, 0.6) is 11.7 Å². The highest BCUT2D eigenvalue weighted by Crippen LogP contribution is 2.34. The van der Waals surface area contributed by atoms with E-state index in [1.54, 1.807) is 24.3 Å². The third kappa shape index (κ3) is 2.90. The average molecular weight is 277 g/mol. The summed E-state index contributed by atoms with van der Waals surface area (Å²) in [6, 6.07) is 10.5. The number of furan rings is 1. The topological polar surface area (TPSA) is 74.7 Å². The molecule has 0 spiro atoms. The largest absolute Gasteiger partial charge is 0.496 e. The molecule has 0 aliphatic heterocycles. The highest BCUT2D eigenvalue weighted by Gasteiger charge is 2.26. The number of methoxy groups -OCH3 is 2. The summed E-state index contributed by atoms with van der Waals surface area (Å²) in [5, 5.41) is 10.9. The molecule has 0 amide bonds. The molecule has 1 aromatic heterocycles. The average Bonchev–Trinajstić information content (AvgIpc) is 2.93. The van der Waals surface area contributed by atoms with Crippen LogP contribution in [0.15, 0.2) is 40.8 Å². The van der Waals surface area contributed by atoms with E-state index in [0.717, 1.165) is 0 Å². The smallest absolute Gasteiger partial charge is 0.284 e. The number of nitro groups is 1. The van der Waals surface area contributed by atoms with E-state index in [0.29, 0.717) is 23.0 Å². The van der Waals surface area contributed by atoms with Crippen molar-refractivity contribution in [1.82, 2.24) is 0 Å². The zero-order chi connectivity index (χ0) is 14.5. The maximum Gasteiger partial charge on any atom is 0.284 e. The molecule has 0 radical (unpaired) electrons. The first-order chi connectivity index (χ1) is 9.65. The fourth-order valence-corrected chi connectivity index (χ4v) is 2.08. The van der Waals surface area contributed by atoms with E-state index in [1.807, 2.05) is 12.1 Å². The van der Waals surface area contributed by atoms with E-state index in [2.05, 4.69) is 0 Å². The lowest BCUT2D eigenvalue weighted by Gasteiger charge is -2.14. The Kier molecular flexibility index (Phi) is 4.24. The Morgan fingerprint density at radius 2 is 1.95 bits per heavy atom. The minimum absolute atomic E-state index is 0.281. The summed E-state index contributed by atoms with van der Waals surface area (Å²) < 4.78 is 15.7. The van der Waals surface area contributed by atoms with Crippen molar-refractivity contribution >= 4 is 0 Å². The van der Waals surface area contributed by atoms with E-state index in [9.17, 15) is 10.1 Å². The molecular formula is C14H15NO5. The van der Waals surface area contributed by atoms with Gasteiger partial charge in [-0.25, -0.2) is 0 Å². The number of para-hydroxylation sites is 1. The van der Waals surface area contributed by atoms with Crippen molar-refractivity contribution in [3.05, 3.63) is 57.8 Å². The van der Waals surface area contributed by atoms with Gasteiger partial charge in [0.05, 0.1) is 14.2 Å². The van der Waals surface area contributed by atoms with Gasteiger partial charge in [0.1, 0.15) is 17.4 Å².